The van der Waals surface area contributed by atoms with E-state index < -0.39 is 5.82 Å². The molecule has 114 valence electrons. The zero-order valence-corrected chi connectivity index (χ0v) is 12.6. The van der Waals surface area contributed by atoms with E-state index in [9.17, 15) is 9.18 Å². The highest BCUT2D eigenvalue weighted by atomic mass is 19.1. The van der Waals surface area contributed by atoms with Gasteiger partial charge in [-0.05, 0) is 49.6 Å². The van der Waals surface area contributed by atoms with Gasteiger partial charge in [0, 0.05) is 24.3 Å². The summed E-state index contributed by atoms with van der Waals surface area (Å²) in [4.78, 5) is 14.5. The Hall–Kier alpha value is -2.36. The smallest absolute Gasteiger partial charge is 0.256 e. The number of benzene rings is 2. The van der Waals surface area contributed by atoms with E-state index in [-0.39, 0.29) is 11.6 Å². The van der Waals surface area contributed by atoms with Crippen LogP contribution in [0.3, 0.4) is 0 Å². The maximum atomic E-state index is 14.0. The molecule has 4 heteroatoms. The lowest BCUT2D eigenvalue weighted by Crippen LogP contribution is -2.19. The van der Waals surface area contributed by atoms with E-state index >= 15 is 0 Å². The number of amides is 1. The van der Waals surface area contributed by atoms with Gasteiger partial charge in [0.25, 0.3) is 5.91 Å². The van der Waals surface area contributed by atoms with Gasteiger partial charge in [-0.25, -0.2) is 4.39 Å². The number of nitrogens with zero attached hydrogens (tertiary/aromatic N) is 1. The van der Waals surface area contributed by atoms with E-state index in [2.05, 4.69) is 10.2 Å². The SMILES string of the molecule is Cc1ccccc1C(=O)Nc1cc(N2CCCC2)ccc1F. The maximum Gasteiger partial charge on any atom is 0.256 e. The lowest BCUT2D eigenvalue weighted by Gasteiger charge is -2.19. The van der Waals surface area contributed by atoms with Crippen LogP contribution < -0.4 is 10.2 Å². The number of carbonyl (C=O) groups excluding carboxylic acids is 1. The van der Waals surface area contributed by atoms with Crippen molar-refractivity contribution in [2.24, 2.45) is 0 Å². The fourth-order valence-corrected chi connectivity index (χ4v) is 2.80. The highest BCUT2D eigenvalue weighted by Crippen LogP contribution is 2.26. The fraction of sp³-hybridized carbons (Fsp3) is 0.278. The fourth-order valence-electron chi connectivity index (χ4n) is 2.80. The molecule has 1 aliphatic rings. The molecule has 1 amide bonds. The lowest BCUT2D eigenvalue weighted by atomic mass is 10.1. The van der Waals surface area contributed by atoms with Gasteiger partial charge in [0.05, 0.1) is 5.69 Å². The van der Waals surface area contributed by atoms with Gasteiger partial charge in [0.15, 0.2) is 0 Å². The van der Waals surface area contributed by atoms with Crippen LogP contribution in [0.4, 0.5) is 15.8 Å². The molecule has 0 unspecified atom stereocenters. The number of hydrogen-bond acceptors (Lipinski definition) is 2. The second-order valence-electron chi connectivity index (χ2n) is 5.63. The Kier molecular flexibility index (Phi) is 4.09. The summed E-state index contributed by atoms with van der Waals surface area (Å²) in [6.07, 6.45) is 2.31. The molecule has 3 nitrogen and oxygen atoms in total. The molecule has 3 rings (SSSR count). The molecule has 2 aromatic carbocycles. The van der Waals surface area contributed by atoms with Gasteiger partial charge in [0.2, 0.25) is 0 Å². The first-order valence-electron chi connectivity index (χ1n) is 7.56. The Morgan fingerprint density at radius 1 is 1.14 bits per heavy atom. The summed E-state index contributed by atoms with van der Waals surface area (Å²) >= 11 is 0. The molecule has 1 heterocycles. The average Bonchev–Trinajstić information content (AvgIpc) is 3.04. The average molecular weight is 298 g/mol. The van der Waals surface area contributed by atoms with E-state index in [1.54, 1.807) is 24.3 Å². The normalized spacial score (nSPS) is 14.2. The van der Waals surface area contributed by atoms with Crippen molar-refractivity contribution in [3.8, 4) is 0 Å². The van der Waals surface area contributed by atoms with E-state index in [1.165, 1.54) is 6.07 Å². The van der Waals surface area contributed by atoms with Crippen LogP contribution in [-0.4, -0.2) is 19.0 Å². The molecule has 0 bridgehead atoms. The van der Waals surface area contributed by atoms with Gasteiger partial charge in [-0.3, -0.25) is 4.79 Å². The third-order valence-corrected chi connectivity index (χ3v) is 4.06. The predicted octanol–water partition coefficient (Wildman–Crippen LogP) is 3.99. The van der Waals surface area contributed by atoms with Gasteiger partial charge < -0.3 is 10.2 Å². The van der Waals surface area contributed by atoms with Crippen LogP contribution in [0.25, 0.3) is 0 Å². The summed E-state index contributed by atoms with van der Waals surface area (Å²) in [5, 5.41) is 2.69. The summed E-state index contributed by atoms with van der Waals surface area (Å²) in [6.45, 7) is 3.83. The molecular weight excluding hydrogens is 279 g/mol. The molecule has 1 N–H and O–H groups in total. The van der Waals surface area contributed by atoms with Crippen molar-refractivity contribution < 1.29 is 9.18 Å². The third kappa shape index (κ3) is 2.96. The van der Waals surface area contributed by atoms with Gasteiger partial charge in [-0.1, -0.05) is 18.2 Å². The minimum Gasteiger partial charge on any atom is -0.371 e. The first kappa shape index (κ1) is 14.6. The summed E-state index contributed by atoms with van der Waals surface area (Å²) in [6, 6.07) is 12.2. The third-order valence-electron chi connectivity index (χ3n) is 4.06. The maximum absolute atomic E-state index is 14.0. The molecular formula is C18H19FN2O. The van der Waals surface area contributed by atoms with Crippen LogP contribution in [0.15, 0.2) is 42.5 Å². The standard InChI is InChI=1S/C18H19FN2O/c1-13-6-2-3-7-15(13)18(22)20-17-12-14(8-9-16(17)19)21-10-4-5-11-21/h2-3,6-9,12H,4-5,10-11H2,1H3,(H,20,22). The highest BCUT2D eigenvalue weighted by Gasteiger charge is 2.16. The summed E-state index contributed by atoms with van der Waals surface area (Å²) in [7, 11) is 0. The Balaban J connectivity index is 1.83. The molecule has 1 aliphatic heterocycles. The van der Waals surface area contributed by atoms with Crippen molar-refractivity contribution in [2.75, 3.05) is 23.3 Å². The monoisotopic (exact) mass is 298 g/mol. The molecule has 0 atom stereocenters. The number of anilines is 2. The van der Waals surface area contributed by atoms with Gasteiger partial charge in [0.1, 0.15) is 5.82 Å². The highest BCUT2D eigenvalue weighted by molar-refractivity contribution is 6.05. The second kappa shape index (κ2) is 6.18. The Morgan fingerprint density at radius 3 is 2.59 bits per heavy atom. The number of rotatable bonds is 3. The zero-order chi connectivity index (χ0) is 15.5. The first-order chi connectivity index (χ1) is 10.6. The van der Waals surface area contributed by atoms with Crippen molar-refractivity contribution in [2.45, 2.75) is 19.8 Å². The van der Waals surface area contributed by atoms with Crippen molar-refractivity contribution in [3.05, 3.63) is 59.4 Å². The molecule has 0 aliphatic carbocycles. The molecule has 22 heavy (non-hydrogen) atoms. The van der Waals surface area contributed by atoms with E-state index in [0.29, 0.717) is 5.56 Å². The van der Waals surface area contributed by atoms with Crippen LogP contribution in [0.1, 0.15) is 28.8 Å². The van der Waals surface area contributed by atoms with Crippen LogP contribution in [-0.2, 0) is 0 Å². The molecule has 2 aromatic rings. The van der Waals surface area contributed by atoms with E-state index in [4.69, 9.17) is 0 Å². The number of halogens is 1. The predicted molar refractivity (Wildman–Crippen MR) is 87.0 cm³/mol. The van der Waals surface area contributed by atoms with Crippen LogP contribution in [0.5, 0.6) is 0 Å². The summed E-state index contributed by atoms with van der Waals surface area (Å²) in [5.41, 5.74) is 2.63. The lowest BCUT2D eigenvalue weighted by molar-refractivity contribution is 0.102. The van der Waals surface area contributed by atoms with Gasteiger partial charge in [-0.15, -0.1) is 0 Å². The number of nitrogens with one attached hydrogen (secondary N) is 1. The Bertz CT molecular complexity index is 693. The van der Waals surface area contributed by atoms with E-state index in [1.807, 2.05) is 19.1 Å². The molecule has 0 radical (unpaired) electrons. The number of aryl methyl sites for hydroxylation is 1. The van der Waals surface area contributed by atoms with Crippen molar-refractivity contribution >= 4 is 17.3 Å². The quantitative estimate of drug-likeness (QED) is 0.929. The van der Waals surface area contributed by atoms with Crippen molar-refractivity contribution in [1.82, 2.24) is 0 Å². The molecule has 1 fully saturated rings. The molecule has 1 saturated heterocycles. The van der Waals surface area contributed by atoms with Gasteiger partial charge in [-0.2, -0.15) is 0 Å². The van der Waals surface area contributed by atoms with Crippen LogP contribution in [0.2, 0.25) is 0 Å². The van der Waals surface area contributed by atoms with Crippen LogP contribution in [0, 0.1) is 12.7 Å². The minimum atomic E-state index is -0.412. The van der Waals surface area contributed by atoms with E-state index in [0.717, 1.165) is 37.2 Å². The Morgan fingerprint density at radius 2 is 1.86 bits per heavy atom. The van der Waals surface area contributed by atoms with Crippen LogP contribution >= 0.6 is 0 Å². The minimum absolute atomic E-state index is 0.234. The topological polar surface area (TPSA) is 32.3 Å². The zero-order valence-electron chi connectivity index (χ0n) is 12.6. The second-order valence-corrected chi connectivity index (χ2v) is 5.63. The van der Waals surface area contributed by atoms with Crippen molar-refractivity contribution in [1.29, 1.82) is 0 Å². The summed E-state index contributed by atoms with van der Waals surface area (Å²) < 4.78 is 14.0. The summed E-state index contributed by atoms with van der Waals surface area (Å²) in [5.74, 6) is -0.694. The Labute approximate surface area is 129 Å². The van der Waals surface area contributed by atoms with Gasteiger partial charge >= 0.3 is 0 Å². The molecule has 0 spiro atoms. The molecule has 0 aromatic heterocycles. The van der Waals surface area contributed by atoms with Crippen molar-refractivity contribution in [3.63, 3.8) is 0 Å². The number of hydrogen-bond donors (Lipinski definition) is 1. The molecule has 0 saturated carbocycles. The first-order valence-corrected chi connectivity index (χ1v) is 7.56. The number of carbonyl (C=O) groups is 1. The largest absolute Gasteiger partial charge is 0.371 e.